The minimum absolute atomic E-state index is 0.673. The highest BCUT2D eigenvalue weighted by molar-refractivity contribution is 5.58. The highest BCUT2D eigenvalue weighted by Gasteiger charge is 2.20. The van der Waals surface area contributed by atoms with E-state index in [1.165, 1.54) is 0 Å². The average Bonchev–Trinajstić information content (AvgIpc) is 2.97. The smallest absolute Gasteiger partial charge is 0.241 e. The Kier molecular flexibility index (Phi) is 4.31. The van der Waals surface area contributed by atoms with Gasteiger partial charge in [0.05, 0.1) is 6.54 Å². The van der Waals surface area contributed by atoms with Crippen LogP contribution in [-0.2, 0) is 6.54 Å². The van der Waals surface area contributed by atoms with Gasteiger partial charge in [-0.2, -0.15) is 4.98 Å². The van der Waals surface area contributed by atoms with Crippen molar-refractivity contribution in [2.24, 2.45) is 11.7 Å². The molecule has 0 aliphatic carbocycles. The predicted molar refractivity (Wildman–Crippen MR) is 81.5 cm³/mol. The highest BCUT2D eigenvalue weighted by atomic mass is 16.5. The molecule has 0 bridgehead atoms. The Labute approximate surface area is 125 Å². The van der Waals surface area contributed by atoms with E-state index in [-0.39, 0.29) is 0 Å². The number of aryl methyl sites for hydroxylation is 1. The summed E-state index contributed by atoms with van der Waals surface area (Å²) in [6.07, 6.45) is 2.32. The summed E-state index contributed by atoms with van der Waals surface area (Å²) in [5, 5.41) is 4.11. The Balaban J connectivity index is 1.65. The SMILES string of the molecule is Cc1ccccc1-c1noc(CN2CCC(CN)CC2)n1. The monoisotopic (exact) mass is 286 g/mol. The second-order valence-corrected chi connectivity index (χ2v) is 5.78. The number of rotatable bonds is 4. The maximum Gasteiger partial charge on any atom is 0.241 e. The second-order valence-electron chi connectivity index (χ2n) is 5.78. The largest absolute Gasteiger partial charge is 0.338 e. The van der Waals surface area contributed by atoms with Gasteiger partial charge in [0.1, 0.15) is 0 Å². The topological polar surface area (TPSA) is 68.2 Å². The van der Waals surface area contributed by atoms with E-state index in [0.29, 0.717) is 17.6 Å². The van der Waals surface area contributed by atoms with Crippen molar-refractivity contribution < 1.29 is 4.52 Å². The molecule has 1 aliphatic heterocycles. The van der Waals surface area contributed by atoms with Crippen LogP contribution in [0.15, 0.2) is 28.8 Å². The molecule has 5 nitrogen and oxygen atoms in total. The lowest BCUT2D eigenvalue weighted by molar-refractivity contribution is 0.161. The van der Waals surface area contributed by atoms with Crippen molar-refractivity contribution in [2.45, 2.75) is 26.3 Å². The third kappa shape index (κ3) is 3.31. The summed E-state index contributed by atoms with van der Waals surface area (Å²) in [6.45, 7) is 5.71. The summed E-state index contributed by atoms with van der Waals surface area (Å²) < 4.78 is 5.40. The zero-order valence-electron chi connectivity index (χ0n) is 12.5. The molecule has 2 aromatic rings. The third-order valence-electron chi connectivity index (χ3n) is 4.25. The van der Waals surface area contributed by atoms with Crippen molar-refractivity contribution >= 4 is 0 Å². The quantitative estimate of drug-likeness (QED) is 0.933. The molecule has 1 aromatic heterocycles. The molecular formula is C16H22N4O. The number of hydrogen-bond donors (Lipinski definition) is 1. The molecule has 112 valence electrons. The van der Waals surface area contributed by atoms with Crippen molar-refractivity contribution in [3.05, 3.63) is 35.7 Å². The molecule has 1 aliphatic rings. The normalized spacial score (nSPS) is 17.2. The first-order valence-electron chi connectivity index (χ1n) is 7.57. The highest BCUT2D eigenvalue weighted by Crippen LogP contribution is 2.21. The van der Waals surface area contributed by atoms with Crippen LogP contribution in [0.4, 0.5) is 0 Å². The van der Waals surface area contributed by atoms with Gasteiger partial charge in [0.25, 0.3) is 0 Å². The molecule has 1 fully saturated rings. The number of likely N-dealkylation sites (tertiary alicyclic amines) is 1. The zero-order valence-corrected chi connectivity index (χ0v) is 12.5. The summed E-state index contributed by atoms with van der Waals surface area (Å²) in [6, 6.07) is 8.09. The molecule has 2 N–H and O–H groups in total. The zero-order chi connectivity index (χ0) is 14.7. The van der Waals surface area contributed by atoms with Crippen molar-refractivity contribution in [2.75, 3.05) is 19.6 Å². The lowest BCUT2D eigenvalue weighted by Crippen LogP contribution is -2.35. The summed E-state index contributed by atoms with van der Waals surface area (Å²) in [5.74, 6) is 2.05. The summed E-state index contributed by atoms with van der Waals surface area (Å²) in [7, 11) is 0. The van der Waals surface area contributed by atoms with E-state index in [9.17, 15) is 0 Å². The molecule has 21 heavy (non-hydrogen) atoms. The Bertz CT molecular complexity index is 587. The van der Waals surface area contributed by atoms with Crippen molar-refractivity contribution in [3.8, 4) is 11.4 Å². The van der Waals surface area contributed by atoms with Gasteiger partial charge in [0.15, 0.2) is 0 Å². The third-order valence-corrected chi connectivity index (χ3v) is 4.25. The summed E-state index contributed by atoms with van der Waals surface area (Å²) >= 11 is 0. The van der Waals surface area contributed by atoms with Crippen LogP contribution in [0, 0.1) is 12.8 Å². The summed E-state index contributed by atoms with van der Waals surface area (Å²) in [4.78, 5) is 6.89. The van der Waals surface area contributed by atoms with Crippen molar-refractivity contribution in [3.63, 3.8) is 0 Å². The van der Waals surface area contributed by atoms with Gasteiger partial charge in [-0.15, -0.1) is 0 Å². The molecule has 1 aromatic carbocycles. The first-order chi connectivity index (χ1) is 10.3. The Morgan fingerprint density at radius 2 is 2.05 bits per heavy atom. The van der Waals surface area contributed by atoms with E-state index in [2.05, 4.69) is 28.0 Å². The Morgan fingerprint density at radius 3 is 2.76 bits per heavy atom. The van der Waals surface area contributed by atoms with Gasteiger partial charge in [0.2, 0.25) is 11.7 Å². The van der Waals surface area contributed by atoms with Crippen LogP contribution < -0.4 is 5.73 Å². The van der Waals surface area contributed by atoms with Gasteiger partial charge in [-0.1, -0.05) is 29.4 Å². The number of piperidine rings is 1. The fraction of sp³-hybridized carbons (Fsp3) is 0.500. The molecule has 5 heteroatoms. The van der Waals surface area contributed by atoms with Gasteiger partial charge in [-0.3, -0.25) is 4.90 Å². The Morgan fingerprint density at radius 1 is 1.29 bits per heavy atom. The number of hydrogen-bond acceptors (Lipinski definition) is 5. The first-order valence-corrected chi connectivity index (χ1v) is 7.57. The van der Waals surface area contributed by atoms with Gasteiger partial charge in [0, 0.05) is 5.56 Å². The van der Waals surface area contributed by atoms with Crippen LogP contribution in [-0.4, -0.2) is 34.7 Å². The number of aromatic nitrogens is 2. The van der Waals surface area contributed by atoms with Crippen LogP contribution in [0.5, 0.6) is 0 Å². The molecule has 2 heterocycles. The van der Waals surface area contributed by atoms with Crippen LogP contribution in [0.1, 0.15) is 24.3 Å². The summed E-state index contributed by atoms with van der Waals surface area (Å²) in [5.41, 5.74) is 7.92. The van der Waals surface area contributed by atoms with Crippen molar-refractivity contribution in [1.82, 2.24) is 15.0 Å². The minimum Gasteiger partial charge on any atom is -0.338 e. The number of nitrogens with zero attached hydrogens (tertiary/aromatic N) is 3. The molecule has 0 amide bonds. The van der Waals surface area contributed by atoms with E-state index in [4.69, 9.17) is 10.3 Å². The average molecular weight is 286 g/mol. The van der Waals surface area contributed by atoms with Crippen LogP contribution in [0.25, 0.3) is 11.4 Å². The molecule has 0 unspecified atom stereocenters. The molecule has 0 radical (unpaired) electrons. The fourth-order valence-corrected chi connectivity index (χ4v) is 2.82. The fourth-order valence-electron chi connectivity index (χ4n) is 2.82. The standard InChI is InChI=1S/C16H22N4O/c1-12-4-2-3-5-14(12)16-18-15(21-19-16)11-20-8-6-13(10-17)7-9-20/h2-5,13H,6-11,17H2,1H3. The molecule has 0 atom stereocenters. The van der Waals surface area contributed by atoms with E-state index >= 15 is 0 Å². The van der Waals surface area contributed by atoms with Crippen LogP contribution in [0.2, 0.25) is 0 Å². The van der Waals surface area contributed by atoms with E-state index in [0.717, 1.165) is 50.1 Å². The van der Waals surface area contributed by atoms with Gasteiger partial charge >= 0.3 is 0 Å². The minimum atomic E-state index is 0.673. The molecule has 0 spiro atoms. The van der Waals surface area contributed by atoms with Gasteiger partial charge in [-0.05, 0) is 50.9 Å². The predicted octanol–water partition coefficient (Wildman–Crippen LogP) is 2.22. The maximum atomic E-state index is 5.72. The molecule has 1 saturated heterocycles. The maximum absolute atomic E-state index is 5.72. The van der Waals surface area contributed by atoms with Crippen LogP contribution >= 0.6 is 0 Å². The van der Waals surface area contributed by atoms with E-state index in [1.54, 1.807) is 0 Å². The van der Waals surface area contributed by atoms with Gasteiger partial charge in [-0.25, -0.2) is 0 Å². The first kappa shape index (κ1) is 14.2. The lowest BCUT2D eigenvalue weighted by Gasteiger charge is -2.30. The second kappa shape index (κ2) is 6.37. The Hall–Kier alpha value is -1.72. The molecule has 3 rings (SSSR count). The molecule has 0 saturated carbocycles. The van der Waals surface area contributed by atoms with E-state index < -0.39 is 0 Å². The number of benzene rings is 1. The number of nitrogens with two attached hydrogens (primary N) is 1. The van der Waals surface area contributed by atoms with Crippen LogP contribution in [0.3, 0.4) is 0 Å². The van der Waals surface area contributed by atoms with Crippen molar-refractivity contribution in [1.29, 1.82) is 0 Å². The van der Waals surface area contributed by atoms with Gasteiger partial charge < -0.3 is 10.3 Å². The van der Waals surface area contributed by atoms with E-state index in [1.807, 2.05) is 18.2 Å². The lowest BCUT2D eigenvalue weighted by atomic mass is 9.97. The molecular weight excluding hydrogens is 264 g/mol.